The van der Waals surface area contributed by atoms with E-state index in [0.717, 1.165) is 25.8 Å². The van der Waals surface area contributed by atoms with Crippen molar-refractivity contribution in [2.24, 2.45) is 5.10 Å². The lowest BCUT2D eigenvalue weighted by Crippen LogP contribution is -2.38. The number of aromatic nitrogens is 5. The van der Waals surface area contributed by atoms with Crippen LogP contribution in [0.25, 0.3) is 5.82 Å². The van der Waals surface area contributed by atoms with Gasteiger partial charge in [0.2, 0.25) is 11.6 Å². The number of amides is 1. The first-order chi connectivity index (χ1) is 20.4. The van der Waals surface area contributed by atoms with Crippen molar-refractivity contribution in [3.63, 3.8) is 0 Å². The van der Waals surface area contributed by atoms with E-state index in [9.17, 15) is 9.18 Å². The van der Waals surface area contributed by atoms with Crippen molar-refractivity contribution in [3.05, 3.63) is 69.8 Å². The maximum absolute atomic E-state index is 14.1. The van der Waals surface area contributed by atoms with E-state index in [1.165, 1.54) is 30.1 Å². The molecule has 43 heavy (non-hydrogen) atoms. The number of ether oxygens (including phenoxy) is 2. The lowest BCUT2D eigenvalue weighted by Gasteiger charge is -2.33. The number of hydrogen-bond acceptors (Lipinski definition) is 11. The second-order valence-corrected chi connectivity index (χ2v) is 10.1. The maximum Gasteiger partial charge on any atom is 0.293 e. The molecule has 3 N–H and O–H groups in total. The van der Waals surface area contributed by atoms with Crippen LogP contribution in [0.15, 0.2) is 46.1 Å². The molecule has 1 aliphatic heterocycles. The van der Waals surface area contributed by atoms with Gasteiger partial charge in [0.1, 0.15) is 12.4 Å². The standard InChI is InChI=1S/C27H29ClFN9O4.ClH/c1-16-6-3-4-11-37(16)14-21-24(32-36-38(21)26-25(30)34-42-35-26)27(39)33-31-13-17-9-10-22(23(12-17)40-2)41-15-18-19(28)7-5-8-20(18)29;/h5,7-10,12-13,16H,3-4,6,11,14-15H2,1-2H3,(H2,30,34)(H,33,39);1H/b31-13-;. The number of hydrazone groups is 1. The van der Waals surface area contributed by atoms with Gasteiger partial charge in [-0.1, -0.05) is 29.3 Å². The van der Waals surface area contributed by atoms with Crippen LogP contribution in [0.2, 0.25) is 5.02 Å². The SMILES string of the molecule is COc1cc(/C=N\NC(=O)c2nnn(-c3nonc3N)c2CN2CCCCC2C)ccc1OCc1c(F)cccc1Cl.Cl. The van der Waals surface area contributed by atoms with E-state index in [4.69, 9.17) is 31.4 Å². The van der Waals surface area contributed by atoms with Gasteiger partial charge in [-0.2, -0.15) is 9.78 Å². The van der Waals surface area contributed by atoms with Crippen LogP contribution in [0, 0.1) is 5.82 Å². The van der Waals surface area contributed by atoms with Crippen LogP contribution in [0.3, 0.4) is 0 Å². The second kappa shape index (κ2) is 14.3. The second-order valence-electron chi connectivity index (χ2n) is 9.68. The average molecular weight is 635 g/mol. The van der Waals surface area contributed by atoms with Crippen molar-refractivity contribution < 1.29 is 23.3 Å². The molecule has 228 valence electrons. The predicted molar refractivity (Wildman–Crippen MR) is 158 cm³/mol. The van der Waals surface area contributed by atoms with Gasteiger partial charge < -0.3 is 15.2 Å². The predicted octanol–water partition coefficient (Wildman–Crippen LogP) is 4.17. The number of anilines is 1. The molecule has 16 heteroatoms. The first-order valence-electron chi connectivity index (χ1n) is 13.2. The number of methoxy groups -OCH3 is 1. The quantitative estimate of drug-likeness (QED) is 0.192. The summed E-state index contributed by atoms with van der Waals surface area (Å²) in [7, 11) is 1.48. The summed E-state index contributed by atoms with van der Waals surface area (Å²) in [5, 5.41) is 20.0. The molecule has 1 atom stereocenters. The number of halogens is 3. The third-order valence-electron chi connectivity index (χ3n) is 6.97. The highest BCUT2D eigenvalue weighted by Crippen LogP contribution is 2.30. The Balaban J connectivity index is 0.00000423. The number of nitrogens with zero attached hydrogens (tertiary/aromatic N) is 7. The monoisotopic (exact) mass is 633 g/mol. The Hall–Kier alpha value is -4.27. The first-order valence-corrected chi connectivity index (χ1v) is 13.6. The molecule has 0 bridgehead atoms. The Bertz CT molecular complexity index is 1580. The summed E-state index contributed by atoms with van der Waals surface area (Å²) in [6, 6.07) is 9.76. The molecule has 3 heterocycles. The summed E-state index contributed by atoms with van der Waals surface area (Å²) < 4.78 is 31.4. The van der Waals surface area contributed by atoms with E-state index in [0.29, 0.717) is 35.3 Å². The van der Waals surface area contributed by atoms with E-state index in [1.807, 2.05) is 0 Å². The lowest BCUT2D eigenvalue weighted by atomic mass is 10.0. The molecule has 0 saturated carbocycles. The van der Waals surface area contributed by atoms with E-state index in [-0.39, 0.29) is 46.9 Å². The van der Waals surface area contributed by atoms with E-state index in [1.54, 1.807) is 24.3 Å². The third kappa shape index (κ3) is 7.21. The lowest BCUT2D eigenvalue weighted by molar-refractivity contribution is 0.0945. The smallest absolute Gasteiger partial charge is 0.293 e. The molecule has 0 aliphatic carbocycles. The van der Waals surface area contributed by atoms with Gasteiger partial charge in [0.25, 0.3) is 5.91 Å². The van der Waals surface area contributed by atoms with Gasteiger partial charge in [-0.05, 0) is 72.5 Å². The fourth-order valence-electron chi connectivity index (χ4n) is 4.63. The summed E-state index contributed by atoms with van der Waals surface area (Å²) in [5.41, 5.74) is 9.79. The van der Waals surface area contributed by atoms with Crippen molar-refractivity contribution in [2.75, 3.05) is 19.4 Å². The van der Waals surface area contributed by atoms with E-state index < -0.39 is 11.7 Å². The summed E-state index contributed by atoms with van der Waals surface area (Å²) >= 11 is 6.09. The van der Waals surface area contributed by atoms with Crippen LogP contribution >= 0.6 is 24.0 Å². The van der Waals surface area contributed by atoms with E-state index in [2.05, 4.69) is 43.0 Å². The normalized spacial score (nSPS) is 15.3. The van der Waals surface area contributed by atoms with Gasteiger partial charge in [-0.3, -0.25) is 9.69 Å². The number of carbonyl (C=O) groups excluding carboxylic acids is 1. The summed E-state index contributed by atoms with van der Waals surface area (Å²) in [5.74, 6) is -0.0885. The molecule has 1 amide bonds. The van der Waals surface area contributed by atoms with Gasteiger partial charge in [-0.15, -0.1) is 17.5 Å². The van der Waals surface area contributed by atoms with Crippen molar-refractivity contribution in [1.29, 1.82) is 0 Å². The number of piperidine rings is 1. The Kier molecular flexibility index (Phi) is 10.5. The maximum atomic E-state index is 14.1. The average Bonchev–Trinajstić information content (AvgIpc) is 3.59. The highest BCUT2D eigenvalue weighted by molar-refractivity contribution is 6.31. The Labute approximate surface area is 257 Å². The van der Waals surface area contributed by atoms with Crippen LogP contribution in [-0.4, -0.2) is 62.0 Å². The number of hydrogen-bond donors (Lipinski definition) is 2. The minimum atomic E-state index is -0.569. The van der Waals surface area contributed by atoms with Gasteiger partial charge in [-0.25, -0.2) is 14.4 Å². The van der Waals surface area contributed by atoms with Crippen LogP contribution in [-0.2, 0) is 13.2 Å². The topological polar surface area (TPSA) is 159 Å². The van der Waals surface area contributed by atoms with Crippen LogP contribution in [0.4, 0.5) is 10.2 Å². The molecule has 1 fully saturated rings. The molecule has 4 aromatic rings. The molecule has 2 aromatic carbocycles. The molecule has 13 nitrogen and oxygen atoms in total. The minimum Gasteiger partial charge on any atom is -0.493 e. The Morgan fingerprint density at radius 2 is 2.12 bits per heavy atom. The van der Waals surface area contributed by atoms with Gasteiger partial charge >= 0.3 is 0 Å². The largest absolute Gasteiger partial charge is 0.493 e. The van der Waals surface area contributed by atoms with Crippen molar-refractivity contribution in [1.82, 2.24) is 35.6 Å². The molecule has 1 aliphatic rings. The zero-order valence-electron chi connectivity index (χ0n) is 23.4. The zero-order valence-corrected chi connectivity index (χ0v) is 24.9. The fraction of sp³-hybridized carbons (Fsp3) is 0.333. The summed E-state index contributed by atoms with van der Waals surface area (Å²) in [4.78, 5) is 15.4. The Morgan fingerprint density at radius 3 is 2.84 bits per heavy atom. The van der Waals surface area contributed by atoms with E-state index >= 15 is 0 Å². The van der Waals surface area contributed by atoms with Gasteiger partial charge in [0.05, 0.1) is 24.0 Å². The molecule has 1 unspecified atom stereocenters. The highest BCUT2D eigenvalue weighted by atomic mass is 35.5. The van der Waals surface area contributed by atoms with Crippen LogP contribution < -0.4 is 20.6 Å². The molecular weight excluding hydrogens is 604 g/mol. The number of benzene rings is 2. The Morgan fingerprint density at radius 1 is 1.28 bits per heavy atom. The molecule has 1 saturated heterocycles. The molecule has 5 rings (SSSR count). The van der Waals surface area contributed by atoms with Crippen molar-refractivity contribution >= 4 is 41.9 Å². The number of carbonyl (C=O) groups is 1. The van der Waals surface area contributed by atoms with Crippen molar-refractivity contribution in [2.45, 2.75) is 45.4 Å². The van der Waals surface area contributed by atoms with Crippen molar-refractivity contribution in [3.8, 4) is 17.3 Å². The number of likely N-dealkylation sites (tertiary alicyclic amines) is 1. The fourth-order valence-corrected chi connectivity index (χ4v) is 4.85. The number of nitrogen functional groups attached to an aromatic ring is 1. The molecule has 0 radical (unpaired) electrons. The molecule has 2 aromatic heterocycles. The number of nitrogens with two attached hydrogens (primary N) is 1. The summed E-state index contributed by atoms with van der Waals surface area (Å²) in [6.07, 6.45) is 4.68. The van der Waals surface area contributed by atoms with Crippen LogP contribution in [0.1, 0.15) is 53.5 Å². The minimum absolute atomic E-state index is 0. The summed E-state index contributed by atoms with van der Waals surface area (Å²) in [6.45, 7) is 3.32. The first kappa shape index (κ1) is 31.7. The highest BCUT2D eigenvalue weighted by Gasteiger charge is 2.28. The zero-order chi connectivity index (χ0) is 29.6. The van der Waals surface area contributed by atoms with Crippen LogP contribution in [0.5, 0.6) is 11.5 Å². The number of rotatable bonds is 10. The third-order valence-corrected chi connectivity index (χ3v) is 7.32. The molecular formula is C27H30Cl2FN9O4. The van der Waals surface area contributed by atoms with Gasteiger partial charge in [0, 0.05) is 18.2 Å². The molecule has 0 spiro atoms. The van der Waals surface area contributed by atoms with Gasteiger partial charge in [0.15, 0.2) is 17.2 Å². The number of nitrogens with one attached hydrogen (secondary N) is 1.